The van der Waals surface area contributed by atoms with Crippen molar-refractivity contribution >= 4 is 10.1 Å². The molecule has 1 fully saturated rings. The highest BCUT2D eigenvalue weighted by atomic mass is 32.2. The predicted molar refractivity (Wildman–Crippen MR) is 71.1 cm³/mol. The van der Waals surface area contributed by atoms with Gasteiger partial charge in [-0.15, -0.1) is 6.42 Å². The number of aryl methyl sites for hydroxylation is 1. The minimum absolute atomic E-state index is 0.124. The maximum absolute atomic E-state index is 12.2. The predicted octanol–water partition coefficient (Wildman–Crippen LogP) is 1.88. The molecular weight excluding hydrogens is 264 g/mol. The molecule has 0 radical (unpaired) electrons. The molecule has 0 atom stereocenters. The van der Waals surface area contributed by atoms with Crippen LogP contribution in [0.4, 0.5) is 0 Å². The highest BCUT2D eigenvalue weighted by Gasteiger charge is 2.37. The van der Waals surface area contributed by atoms with Gasteiger partial charge in [0, 0.05) is 12.8 Å². The van der Waals surface area contributed by atoms with E-state index in [1.807, 2.05) is 6.92 Å². The maximum atomic E-state index is 12.2. The van der Waals surface area contributed by atoms with Crippen molar-refractivity contribution in [2.24, 2.45) is 0 Å². The minimum Gasteiger partial charge on any atom is -0.381 e. The number of rotatable bonds is 3. The van der Waals surface area contributed by atoms with E-state index in [0.29, 0.717) is 26.1 Å². The first-order chi connectivity index (χ1) is 8.97. The molecule has 1 saturated heterocycles. The fourth-order valence-corrected chi connectivity index (χ4v) is 3.12. The molecule has 0 saturated carbocycles. The molecule has 1 aromatic rings. The second-order valence-electron chi connectivity index (χ2n) is 4.60. The molecule has 1 heterocycles. The van der Waals surface area contributed by atoms with Crippen LogP contribution in [0.1, 0.15) is 18.4 Å². The van der Waals surface area contributed by atoms with Gasteiger partial charge in [-0.2, -0.15) is 8.42 Å². The average molecular weight is 280 g/mol. The number of ether oxygens (including phenoxy) is 1. The standard InChI is InChI=1S/C14H16O4S/c1-3-14(8-10-17-11-9-14)18-19(15,16)13-6-4-12(2)5-7-13/h1,4-7H,8-11H2,2H3. The van der Waals surface area contributed by atoms with Crippen LogP contribution in [-0.2, 0) is 19.0 Å². The van der Waals surface area contributed by atoms with Crippen LogP contribution in [0, 0.1) is 19.3 Å². The van der Waals surface area contributed by atoms with Crippen molar-refractivity contribution < 1.29 is 17.3 Å². The van der Waals surface area contributed by atoms with E-state index in [0.717, 1.165) is 5.56 Å². The van der Waals surface area contributed by atoms with E-state index < -0.39 is 15.7 Å². The zero-order chi connectivity index (χ0) is 13.9. The summed E-state index contributed by atoms with van der Waals surface area (Å²) in [5.41, 5.74) is -0.0983. The van der Waals surface area contributed by atoms with Crippen molar-refractivity contribution in [2.45, 2.75) is 30.3 Å². The molecule has 5 heteroatoms. The third-order valence-corrected chi connectivity index (χ3v) is 4.53. The Morgan fingerprint density at radius 1 is 1.26 bits per heavy atom. The lowest BCUT2D eigenvalue weighted by Crippen LogP contribution is -2.39. The Bertz CT molecular complexity index is 575. The zero-order valence-corrected chi connectivity index (χ0v) is 11.6. The fraction of sp³-hybridized carbons (Fsp3) is 0.429. The van der Waals surface area contributed by atoms with Crippen molar-refractivity contribution in [1.82, 2.24) is 0 Å². The SMILES string of the molecule is C#CC1(OS(=O)(=O)c2ccc(C)cc2)CCOCC1. The monoisotopic (exact) mass is 280 g/mol. The van der Waals surface area contributed by atoms with E-state index >= 15 is 0 Å². The Kier molecular flexibility index (Phi) is 3.95. The number of hydrogen-bond donors (Lipinski definition) is 0. The molecule has 19 heavy (non-hydrogen) atoms. The number of benzene rings is 1. The first-order valence-corrected chi connectivity index (χ1v) is 7.46. The van der Waals surface area contributed by atoms with Gasteiger partial charge in [0.05, 0.1) is 18.1 Å². The van der Waals surface area contributed by atoms with Crippen molar-refractivity contribution in [3.8, 4) is 12.3 Å². The van der Waals surface area contributed by atoms with Crippen LogP contribution < -0.4 is 0 Å². The van der Waals surface area contributed by atoms with Gasteiger partial charge in [-0.3, -0.25) is 0 Å². The van der Waals surface area contributed by atoms with E-state index in [4.69, 9.17) is 15.3 Å². The Balaban J connectivity index is 2.25. The van der Waals surface area contributed by atoms with Crippen LogP contribution in [0.25, 0.3) is 0 Å². The van der Waals surface area contributed by atoms with Gasteiger partial charge in [-0.1, -0.05) is 23.6 Å². The third kappa shape index (κ3) is 3.16. The lowest BCUT2D eigenvalue weighted by atomic mass is 9.96. The smallest absolute Gasteiger partial charge is 0.298 e. The molecule has 0 aliphatic carbocycles. The van der Waals surface area contributed by atoms with Crippen LogP contribution in [0.5, 0.6) is 0 Å². The molecule has 0 amide bonds. The maximum Gasteiger partial charge on any atom is 0.298 e. The number of terminal acetylenes is 1. The van der Waals surface area contributed by atoms with Gasteiger partial charge in [0.1, 0.15) is 0 Å². The largest absolute Gasteiger partial charge is 0.381 e. The Morgan fingerprint density at radius 2 is 1.84 bits per heavy atom. The summed E-state index contributed by atoms with van der Waals surface area (Å²) in [6.07, 6.45) is 6.22. The summed E-state index contributed by atoms with van der Waals surface area (Å²) in [6, 6.07) is 6.49. The summed E-state index contributed by atoms with van der Waals surface area (Å²) in [5, 5.41) is 0. The summed E-state index contributed by atoms with van der Waals surface area (Å²) < 4.78 is 34.9. The summed E-state index contributed by atoms with van der Waals surface area (Å²) in [6.45, 7) is 2.71. The number of hydrogen-bond acceptors (Lipinski definition) is 4. The van der Waals surface area contributed by atoms with Crippen LogP contribution in [-0.4, -0.2) is 27.2 Å². The Morgan fingerprint density at radius 3 is 2.37 bits per heavy atom. The molecule has 102 valence electrons. The van der Waals surface area contributed by atoms with Crippen molar-refractivity contribution in [3.63, 3.8) is 0 Å². The zero-order valence-electron chi connectivity index (χ0n) is 10.8. The lowest BCUT2D eigenvalue weighted by molar-refractivity contribution is -0.00760. The molecule has 4 nitrogen and oxygen atoms in total. The highest BCUT2D eigenvalue weighted by molar-refractivity contribution is 7.86. The summed E-state index contributed by atoms with van der Waals surface area (Å²) in [7, 11) is -3.85. The van der Waals surface area contributed by atoms with Gasteiger partial charge in [0.15, 0.2) is 5.60 Å². The molecule has 0 aromatic heterocycles. The van der Waals surface area contributed by atoms with Crippen molar-refractivity contribution in [1.29, 1.82) is 0 Å². The molecule has 1 aliphatic rings. The topological polar surface area (TPSA) is 52.6 Å². The molecule has 2 rings (SSSR count). The highest BCUT2D eigenvalue weighted by Crippen LogP contribution is 2.29. The van der Waals surface area contributed by atoms with E-state index in [2.05, 4.69) is 5.92 Å². The molecular formula is C14H16O4S. The van der Waals surface area contributed by atoms with Gasteiger partial charge < -0.3 is 4.74 Å². The third-order valence-electron chi connectivity index (χ3n) is 3.14. The molecule has 0 N–H and O–H groups in total. The Labute approximate surface area is 113 Å². The van der Waals surface area contributed by atoms with Crippen LogP contribution in [0.3, 0.4) is 0 Å². The molecule has 1 aromatic carbocycles. The van der Waals surface area contributed by atoms with E-state index in [1.165, 1.54) is 12.1 Å². The molecule has 0 spiro atoms. The average Bonchev–Trinajstić information content (AvgIpc) is 2.40. The fourth-order valence-electron chi connectivity index (χ4n) is 1.92. The normalized spacial score (nSPS) is 18.7. The van der Waals surface area contributed by atoms with Gasteiger partial charge in [0.25, 0.3) is 10.1 Å². The van der Waals surface area contributed by atoms with Gasteiger partial charge >= 0.3 is 0 Å². The van der Waals surface area contributed by atoms with Crippen LogP contribution in [0.2, 0.25) is 0 Å². The van der Waals surface area contributed by atoms with Gasteiger partial charge in [0.2, 0.25) is 0 Å². The first-order valence-electron chi connectivity index (χ1n) is 6.05. The minimum atomic E-state index is -3.85. The van der Waals surface area contributed by atoms with Crippen LogP contribution in [0.15, 0.2) is 29.2 Å². The molecule has 0 unspecified atom stereocenters. The Hall–Kier alpha value is -1.35. The first kappa shape index (κ1) is 14.1. The summed E-state index contributed by atoms with van der Waals surface area (Å²) >= 11 is 0. The van der Waals surface area contributed by atoms with Gasteiger partial charge in [-0.25, -0.2) is 4.18 Å². The molecule has 1 aliphatic heterocycles. The van der Waals surface area contributed by atoms with E-state index in [-0.39, 0.29) is 4.90 Å². The van der Waals surface area contributed by atoms with Crippen molar-refractivity contribution in [2.75, 3.05) is 13.2 Å². The van der Waals surface area contributed by atoms with E-state index in [9.17, 15) is 8.42 Å². The van der Waals surface area contributed by atoms with E-state index in [1.54, 1.807) is 12.1 Å². The molecule has 0 bridgehead atoms. The summed E-state index contributed by atoms with van der Waals surface area (Å²) in [5.74, 6) is 2.47. The van der Waals surface area contributed by atoms with Gasteiger partial charge in [-0.05, 0) is 19.1 Å². The second kappa shape index (κ2) is 5.33. The van der Waals surface area contributed by atoms with Crippen LogP contribution >= 0.6 is 0 Å². The second-order valence-corrected chi connectivity index (χ2v) is 6.15. The van der Waals surface area contributed by atoms with Crippen molar-refractivity contribution in [3.05, 3.63) is 29.8 Å². The summed E-state index contributed by atoms with van der Waals surface area (Å²) in [4.78, 5) is 0.124. The quantitative estimate of drug-likeness (QED) is 0.626. The lowest BCUT2D eigenvalue weighted by Gasteiger charge is -2.31.